The van der Waals surface area contributed by atoms with Gasteiger partial charge in [0, 0.05) is 11.1 Å². The zero-order chi connectivity index (χ0) is 10.8. The highest BCUT2D eigenvalue weighted by Crippen LogP contribution is 2.31. The van der Waals surface area contributed by atoms with Gasteiger partial charge in [-0.05, 0) is 37.5 Å². The van der Waals surface area contributed by atoms with Crippen LogP contribution in [-0.4, -0.2) is 6.04 Å². The average molecular weight is 244 g/mol. The van der Waals surface area contributed by atoms with E-state index in [4.69, 9.17) is 23.2 Å². The van der Waals surface area contributed by atoms with Crippen LogP contribution in [0.1, 0.15) is 31.2 Å². The quantitative estimate of drug-likeness (QED) is 0.797. The van der Waals surface area contributed by atoms with E-state index in [-0.39, 0.29) is 0 Å². The number of hydrogen-bond acceptors (Lipinski definition) is 1. The molecule has 0 amide bonds. The SMILES string of the molecule is Cc1cc(Cl)c(NC2CCCC2)cc1Cl. The first-order valence-corrected chi connectivity index (χ1v) is 6.14. The first kappa shape index (κ1) is 11.1. The molecule has 82 valence electrons. The van der Waals surface area contributed by atoms with Crippen LogP contribution in [0.25, 0.3) is 0 Å². The Balaban J connectivity index is 2.16. The van der Waals surface area contributed by atoms with Crippen LogP contribution in [0.3, 0.4) is 0 Å². The molecule has 1 aliphatic rings. The third kappa shape index (κ3) is 2.59. The van der Waals surface area contributed by atoms with Crippen LogP contribution in [-0.2, 0) is 0 Å². The first-order chi connectivity index (χ1) is 7.16. The second-order valence-electron chi connectivity index (χ2n) is 4.21. The fourth-order valence-corrected chi connectivity index (χ4v) is 2.48. The molecule has 1 N–H and O–H groups in total. The van der Waals surface area contributed by atoms with Gasteiger partial charge in [0.15, 0.2) is 0 Å². The second-order valence-corrected chi connectivity index (χ2v) is 5.02. The van der Waals surface area contributed by atoms with E-state index in [1.165, 1.54) is 25.7 Å². The van der Waals surface area contributed by atoms with Gasteiger partial charge in [0.1, 0.15) is 0 Å². The maximum absolute atomic E-state index is 6.16. The van der Waals surface area contributed by atoms with Gasteiger partial charge in [-0.3, -0.25) is 0 Å². The number of halogens is 2. The summed E-state index contributed by atoms with van der Waals surface area (Å²) in [6.07, 6.45) is 5.10. The Morgan fingerprint density at radius 3 is 2.47 bits per heavy atom. The van der Waals surface area contributed by atoms with E-state index in [0.717, 1.165) is 21.3 Å². The summed E-state index contributed by atoms with van der Waals surface area (Å²) in [6, 6.07) is 4.42. The highest BCUT2D eigenvalue weighted by Gasteiger charge is 2.16. The zero-order valence-corrected chi connectivity index (χ0v) is 10.3. The number of hydrogen-bond donors (Lipinski definition) is 1. The average Bonchev–Trinajstić information content (AvgIpc) is 2.67. The molecule has 0 unspecified atom stereocenters. The Morgan fingerprint density at radius 2 is 1.80 bits per heavy atom. The Labute approximate surface area is 101 Å². The molecule has 1 nitrogen and oxygen atoms in total. The number of anilines is 1. The fourth-order valence-electron chi connectivity index (χ4n) is 2.05. The molecule has 0 aromatic heterocycles. The Morgan fingerprint density at radius 1 is 1.13 bits per heavy atom. The minimum absolute atomic E-state index is 0.571. The van der Waals surface area contributed by atoms with E-state index in [0.29, 0.717) is 6.04 Å². The van der Waals surface area contributed by atoms with E-state index in [1.807, 2.05) is 19.1 Å². The van der Waals surface area contributed by atoms with Crippen molar-refractivity contribution in [1.29, 1.82) is 0 Å². The summed E-state index contributed by atoms with van der Waals surface area (Å²) in [4.78, 5) is 0. The lowest BCUT2D eigenvalue weighted by Crippen LogP contribution is -2.14. The maximum atomic E-state index is 6.16. The monoisotopic (exact) mass is 243 g/mol. The summed E-state index contributed by atoms with van der Waals surface area (Å²) >= 11 is 12.2. The van der Waals surface area contributed by atoms with Gasteiger partial charge in [0.05, 0.1) is 10.7 Å². The van der Waals surface area contributed by atoms with Crippen molar-refractivity contribution < 1.29 is 0 Å². The van der Waals surface area contributed by atoms with Crippen molar-refractivity contribution in [2.75, 3.05) is 5.32 Å². The molecule has 0 bridgehead atoms. The van der Waals surface area contributed by atoms with E-state index >= 15 is 0 Å². The van der Waals surface area contributed by atoms with Crippen LogP contribution in [0, 0.1) is 6.92 Å². The molecule has 0 radical (unpaired) electrons. The lowest BCUT2D eigenvalue weighted by Gasteiger charge is -2.15. The van der Waals surface area contributed by atoms with Crippen molar-refractivity contribution in [1.82, 2.24) is 0 Å². The first-order valence-electron chi connectivity index (χ1n) is 5.39. The molecule has 1 saturated carbocycles. The van der Waals surface area contributed by atoms with E-state index in [1.54, 1.807) is 0 Å². The Kier molecular flexibility index (Phi) is 3.42. The van der Waals surface area contributed by atoms with Gasteiger partial charge in [-0.2, -0.15) is 0 Å². The standard InChI is InChI=1S/C12H15Cl2N/c1-8-6-11(14)12(7-10(8)13)15-9-4-2-3-5-9/h6-7,9,15H,2-5H2,1H3. The van der Waals surface area contributed by atoms with Crippen LogP contribution in [0.4, 0.5) is 5.69 Å². The van der Waals surface area contributed by atoms with Gasteiger partial charge in [0.2, 0.25) is 0 Å². The fraction of sp³-hybridized carbons (Fsp3) is 0.500. The molecule has 0 aliphatic heterocycles. The zero-order valence-electron chi connectivity index (χ0n) is 8.82. The summed E-state index contributed by atoms with van der Waals surface area (Å²) in [6.45, 7) is 1.97. The topological polar surface area (TPSA) is 12.0 Å². The Hall–Kier alpha value is -0.400. The van der Waals surface area contributed by atoms with Gasteiger partial charge < -0.3 is 5.32 Å². The molecule has 2 rings (SSSR count). The predicted octanol–water partition coefficient (Wildman–Crippen LogP) is 4.66. The smallest absolute Gasteiger partial charge is 0.0641 e. The number of rotatable bonds is 2. The summed E-state index contributed by atoms with van der Waals surface area (Å²) in [5, 5.41) is 5.01. The number of benzene rings is 1. The largest absolute Gasteiger partial charge is 0.381 e. The molecular formula is C12H15Cl2N. The summed E-state index contributed by atoms with van der Waals surface area (Å²) in [7, 11) is 0. The molecular weight excluding hydrogens is 229 g/mol. The second kappa shape index (κ2) is 4.63. The molecule has 0 spiro atoms. The van der Waals surface area contributed by atoms with Crippen LogP contribution < -0.4 is 5.32 Å². The van der Waals surface area contributed by atoms with Gasteiger partial charge >= 0.3 is 0 Å². The summed E-state index contributed by atoms with van der Waals surface area (Å²) < 4.78 is 0. The lowest BCUT2D eigenvalue weighted by atomic mass is 10.2. The molecule has 1 aliphatic carbocycles. The van der Waals surface area contributed by atoms with E-state index < -0.39 is 0 Å². The molecule has 0 heterocycles. The van der Waals surface area contributed by atoms with Crippen LogP contribution in [0.2, 0.25) is 10.0 Å². The van der Waals surface area contributed by atoms with Crippen molar-refractivity contribution >= 4 is 28.9 Å². The normalized spacial score (nSPS) is 17.0. The van der Waals surface area contributed by atoms with Crippen LogP contribution in [0.5, 0.6) is 0 Å². The highest BCUT2D eigenvalue weighted by molar-refractivity contribution is 6.35. The minimum Gasteiger partial charge on any atom is -0.381 e. The Bertz CT molecular complexity index is 357. The number of nitrogens with one attached hydrogen (secondary N) is 1. The highest BCUT2D eigenvalue weighted by atomic mass is 35.5. The van der Waals surface area contributed by atoms with Crippen molar-refractivity contribution in [2.45, 2.75) is 38.6 Å². The predicted molar refractivity (Wildman–Crippen MR) is 67.1 cm³/mol. The van der Waals surface area contributed by atoms with Gasteiger partial charge in [0.25, 0.3) is 0 Å². The van der Waals surface area contributed by atoms with Gasteiger partial charge in [-0.15, -0.1) is 0 Å². The van der Waals surface area contributed by atoms with Crippen molar-refractivity contribution in [3.8, 4) is 0 Å². The summed E-state index contributed by atoms with van der Waals surface area (Å²) in [5.41, 5.74) is 2.00. The third-order valence-electron chi connectivity index (χ3n) is 2.96. The van der Waals surface area contributed by atoms with Gasteiger partial charge in [-0.25, -0.2) is 0 Å². The maximum Gasteiger partial charge on any atom is 0.0641 e. The van der Waals surface area contributed by atoms with Crippen molar-refractivity contribution in [3.63, 3.8) is 0 Å². The van der Waals surface area contributed by atoms with E-state index in [9.17, 15) is 0 Å². The molecule has 1 aromatic carbocycles. The molecule has 1 aromatic rings. The molecule has 15 heavy (non-hydrogen) atoms. The van der Waals surface area contributed by atoms with Gasteiger partial charge in [-0.1, -0.05) is 36.0 Å². The van der Waals surface area contributed by atoms with Crippen LogP contribution >= 0.6 is 23.2 Å². The lowest BCUT2D eigenvalue weighted by molar-refractivity contribution is 0.755. The molecule has 0 saturated heterocycles. The van der Waals surface area contributed by atoms with Crippen LogP contribution in [0.15, 0.2) is 12.1 Å². The van der Waals surface area contributed by atoms with E-state index in [2.05, 4.69) is 5.32 Å². The number of aryl methyl sites for hydroxylation is 1. The molecule has 0 atom stereocenters. The minimum atomic E-state index is 0.571. The molecule has 1 fully saturated rings. The molecule has 3 heteroatoms. The third-order valence-corrected chi connectivity index (χ3v) is 3.68. The summed E-state index contributed by atoms with van der Waals surface area (Å²) in [5.74, 6) is 0. The van der Waals surface area contributed by atoms with Crippen molar-refractivity contribution in [2.24, 2.45) is 0 Å². The van der Waals surface area contributed by atoms with Crippen molar-refractivity contribution in [3.05, 3.63) is 27.7 Å².